The second kappa shape index (κ2) is 5.71. The van der Waals surface area contributed by atoms with Crippen LogP contribution < -0.4 is 5.32 Å². The first-order valence-corrected chi connectivity index (χ1v) is 7.55. The summed E-state index contributed by atoms with van der Waals surface area (Å²) in [5, 5.41) is 15.5. The molecule has 0 amide bonds. The Labute approximate surface area is 126 Å². The van der Waals surface area contributed by atoms with Crippen LogP contribution in [0.5, 0.6) is 0 Å². The van der Waals surface area contributed by atoms with Gasteiger partial charge in [0, 0.05) is 28.4 Å². The molecule has 0 radical (unpaired) electrons. The molecule has 0 spiro atoms. The molecule has 1 unspecified atom stereocenters. The number of benzene rings is 1. The van der Waals surface area contributed by atoms with E-state index in [1.807, 2.05) is 29.6 Å². The minimum Gasteiger partial charge on any atom is -0.475 e. The van der Waals surface area contributed by atoms with Crippen molar-refractivity contribution in [1.82, 2.24) is 5.32 Å². The van der Waals surface area contributed by atoms with E-state index in [2.05, 4.69) is 18.3 Å². The number of nitrogens with one attached hydrogen (secondary N) is 1. The molecular formula is C16H15NO3S. The first kappa shape index (κ1) is 13.9. The molecule has 2 aromatic heterocycles. The molecule has 1 atom stereocenters. The van der Waals surface area contributed by atoms with Gasteiger partial charge in [0.05, 0.1) is 0 Å². The van der Waals surface area contributed by atoms with Gasteiger partial charge in [0.25, 0.3) is 0 Å². The molecule has 4 nitrogen and oxygen atoms in total. The minimum absolute atomic E-state index is 0.0158. The highest BCUT2D eigenvalue weighted by atomic mass is 32.1. The van der Waals surface area contributed by atoms with E-state index in [0.29, 0.717) is 17.7 Å². The number of aromatic carboxylic acids is 1. The molecule has 108 valence electrons. The van der Waals surface area contributed by atoms with E-state index in [1.54, 1.807) is 17.4 Å². The first-order chi connectivity index (χ1) is 10.2. The van der Waals surface area contributed by atoms with Crippen LogP contribution >= 0.6 is 11.3 Å². The van der Waals surface area contributed by atoms with E-state index in [9.17, 15) is 9.90 Å². The van der Waals surface area contributed by atoms with E-state index < -0.39 is 5.97 Å². The van der Waals surface area contributed by atoms with Crippen molar-refractivity contribution in [2.45, 2.75) is 19.5 Å². The molecule has 0 aliphatic carbocycles. The van der Waals surface area contributed by atoms with Crippen molar-refractivity contribution in [3.63, 3.8) is 0 Å². The number of carboxylic acid groups (broad SMARTS) is 1. The zero-order valence-corrected chi connectivity index (χ0v) is 12.3. The van der Waals surface area contributed by atoms with E-state index in [0.717, 1.165) is 5.39 Å². The third-order valence-corrected chi connectivity index (χ3v) is 4.50. The predicted octanol–water partition coefficient (Wildman–Crippen LogP) is 4.04. The van der Waals surface area contributed by atoms with Crippen LogP contribution in [0.15, 0.2) is 46.2 Å². The molecule has 0 saturated carbocycles. The van der Waals surface area contributed by atoms with Crippen molar-refractivity contribution in [1.29, 1.82) is 0 Å². The smallest absolute Gasteiger partial charge is 0.372 e. The quantitative estimate of drug-likeness (QED) is 0.746. The van der Waals surface area contributed by atoms with Crippen molar-refractivity contribution in [3.8, 4) is 0 Å². The van der Waals surface area contributed by atoms with Gasteiger partial charge >= 0.3 is 5.97 Å². The van der Waals surface area contributed by atoms with Gasteiger partial charge < -0.3 is 14.8 Å². The van der Waals surface area contributed by atoms with Gasteiger partial charge in [-0.2, -0.15) is 0 Å². The lowest BCUT2D eigenvalue weighted by atomic mass is 10.1. The highest BCUT2D eigenvalue weighted by Gasteiger charge is 2.20. The summed E-state index contributed by atoms with van der Waals surface area (Å²) in [6, 6.07) is 11.6. The average molecular weight is 301 g/mol. The lowest BCUT2D eigenvalue weighted by Gasteiger charge is -2.11. The van der Waals surface area contributed by atoms with Crippen LogP contribution in [0.1, 0.15) is 34.0 Å². The molecule has 0 saturated heterocycles. The molecular weight excluding hydrogens is 286 g/mol. The maximum absolute atomic E-state index is 11.3. The van der Waals surface area contributed by atoms with Gasteiger partial charge in [-0.15, -0.1) is 11.3 Å². The Balaban J connectivity index is 1.89. The van der Waals surface area contributed by atoms with Crippen LogP contribution in [0.25, 0.3) is 11.0 Å². The summed E-state index contributed by atoms with van der Waals surface area (Å²) in [4.78, 5) is 12.6. The number of fused-ring (bicyclic) bond motifs is 1. The molecule has 0 fully saturated rings. The van der Waals surface area contributed by atoms with Crippen molar-refractivity contribution in [2.75, 3.05) is 0 Å². The van der Waals surface area contributed by atoms with Gasteiger partial charge in [-0.05, 0) is 24.4 Å². The topological polar surface area (TPSA) is 62.5 Å². The van der Waals surface area contributed by atoms with Crippen LogP contribution in [-0.4, -0.2) is 11.1 Å². The lowest BCUT2D eigenvalue weighted by Crippen LogP contribution is -2.18. The van der Waals surface area contributed by atoms with Gasteiger partial charge in [-0.1, -0.05) is 24.3 Å². The van der Waals surface area contributed by atoms with Crippen LogP contribution in [-0.2, 0) is 6.54 Å². The molecule has 3 aromatic rings. The molecule has 5 heteroatoms. The number of rotatable bonds is 5. The number of thiophene rings is 1. The number of furan rings is 1. The summed E-state index contributed by atoms with van der Waals surface area (Å²) < 4.78 is 5.45. The summed E-state index contributed by atoms with van der Waals surface area (Å²) in [6.45, 7) is 2.52. The number of carbonyl (C=O) groups is 1. The number of hydrogen-bond acceptors (Lipinski definition) is 4. The third kappa shape index (κ3) is 2.70. The standard InChI is InChI=1S/C16H15NO3S/c1-10(14-7-4-8-21-14)17-9-12-11-5-2-3-6-13(11)20-15(12)16(18)19/h2-8,10,17H,9H2,1H3,(H,18,19). The van der Waals surface area contributed by atoms with Gasteiger partial charge in [0.2, 0.25) is 5.76 Å². The Morgan fingerprint density at radius 2 is 2.14 bits per heavy atom. The lowest BCUT2D eigenvalue weighted by molar-refractivity contribution is 0.0663. The molecule has 2 N–H and O–H groups in total. The number of hydrogen-bond donors (Lipinski definition) is 2. The number of carboxylic acids is 1. The summed E-state index contributed by atoms with van der Waals surface area (Å²) in [6.07, 6.45) is 0. The maximum atomic E-state index is 11.3. The molecule has 21 heavy (non-hydrogen) atoms. The fourth-order valence-electron chi connectivity index (χ4n) is 2.34. The average Bonchev–Trinajstić information content (AvgIpc) is 3.12. The molecule has 3 rings (SSSR count). The van der Waals surface area contributed by atoms with Gasteiger partial charge in [0.15, 0.2) is 0 Å². The Bertz CT molecular complexity index is 761. The fraction of sp³-hybridized carbons (Fsp3) is 0.188. The predicted molar refractivity (Wildman–Crippen MR) is 82.7 cm³/mol. The zero-order chi connectivity index (χ0) is 14.8. The monoisotopic (exact) mass is 301 g/mol. The molecule has 2 heterocycles. The Morgan fingerprint density at radius 3 is 2.86 bits per heavy atom. The number of para-hydroxylation sites is 1. The molecule has 1 aromatic carbocycles. The third-order valence-electron chi connectivity index (χ3n) is 3.45. The van der Waals surface area contributed by atoms with E-state index >= 15 is 0 Å². The molecule has 0 aliphatic heterocycles. The normalized spacial score (nSPS) is 12.6. The van der Waals surface area contributed by atoms with Crippen LogP contribution in [0.4, 0.5) is 0 Å². The van der Waals surface area contributed by atoms with E-state index in [1.165, 1.54) is 4.88 Å². The van der Waals surface area contributed by atoms with E-state index in [-0.39, 0.29) is 11.8 Å². The fourth-order valence-corrected chi connectivity index (χ4v) is 3.10. The highest BCUT2D eigenvalue weighted by Crippen LogP contribution is 2.27. The highest BCUT2D eigenvalue weighted by molar-refractivity contribution is 7.10. The zero-order valence-electron chi connectivity index (χ0n) is 11.5. The Kier molecular flexibility index (Phi) is 3.77. The van der Waals surface area contributed by atoms with Crippen molar-refractivity contribution in [2.24, 2.45) is 0 Å². The molecule has 0 bridgehead atoms. The summed E-state index contributed by atoms with van der Waals surface area (Å²) >= 11 is 1.68. The Hall–Kier alpha value is -2.11. The second-order valence-electron chi connectivity index (χ2n) is 4.83. The van der Waals surface area contributed by atoms with Crippen LogP contribution in [0, 0.1) is 0 Å². The van der Waals surface area contributed by atoms with Crippen LogP contribution in [0.3, 0.4) is 0 Å². The second-order valence-corrected chi connectivity index (χ2v) is 5.81. The van der Waals surface area contributed by atoms with Crippen LogP contribution in [0.2, 0.25) is 0 Å². The summed E-state index contributed by atoms with van der Waals surface area (Å²) in [5.41, 5.74) is 1.30. The first-order valence-electron chi connectivity index (χ1n) is 6.67. The summed E-state index contributed by atoms with van der Waals surface area (Å²) in [5.74, 6) is -1.02. The van der Waals surface area contributed by atoms with Gasteiger partial charge in [-0.3, -0.25) is 0 Å². The largest absolute Gasteiger partial charge is 0.475 e. The summed E-state index contributed by atoms with van der Waals surface area (Å²) in [7, 11) is 0. The Morgan fingerprint density at radius 1 is 1.33 bits per heavy atom. The van der Waals surface area contributed by atoms with Gasteiger partial charge in [-0.25, -0.2) is 4.79 Å². The van der Waals surface area contributed by atoms with Crippen molar-refractivity contribution in [3.05, 3.63) is 58.0 Å². The maximum Gasteiger partial charge on any atom is 0.372 e. The minimum atomic E-state index is -1.04. The van der Waals surface area contributed by atoms with Crippen molar-refractivity contribution >= 4 is 28.3 Å². The SMILES string of the molecule is CC(NCc1c(C(=O)O)oc2ccccc12)c1cccs1. The van der Waals surface area contributed by atoms with E-state index in [4.69, 9.17) is 4.42 Å². The molecule has 0 aliphatic rings. The van der Waals surface area contributed by atoms with Crippen molar-refractivity contribution < 1.29 is 14.3 Å². The van der Waals surface area contributed by atoms with Gasteiger partial charge in [0.1, 0.15) is 5.58 Å².